The molecule has 180 valence electrons. The van der Waals surface area contributed by atoms with Crippen LogP contribution in [0.25, 0.3) is 0 Å². The maximum absolute atomic E-state index is 13.4. The van der Waals surface area contributed by atoms with Gasteiger partial charge in [0.05, 0.1) is 17.1 Å². The summed E-state index contributed by atoms with van der Waals surface area (Å²) in [7, 11) is -3.93. The summed E-state index contributed by atoms with van der Waals surface area (Å²) in [6, 6.07) is 21.5. The summed E-state index contributed by atoms with van der Waals surface area (Å²) in [6.45, 7) is 6.14. The molecule has 1 amide bonds. The van der Waals surface area contributed by atoms with Gasteiger partial charge in [0.2, 0.25) is 5.91 Å². The predicted molar refractivity (Wildman–Crippen MR) is 136 cm³/mol. The van der Waals surface area contributed by atoms with Gasteiger partial charge in [-0.15, -0.1) is 0 Å². The molecule has 0 bridgehead atoms. The van der Waals surface area contributed by atoms with E-state index in [4.69, 9.17) is 4.74 Å². The Morgan fingerprint density at radius 2 is 1.65 bits per heavy atom. The highest BCUT2D eigenvalue weighted by Gasteiger charge is 2.28. The van der Waals surface area contributed by atoms with E-state index in [0.29, 0.717) is 5.69 Å². The van der Waals surface area contributed by atoms with Crippen LogP contribution >= 0.6 is 0 Å². The first-order valence-electron chi connectivity index (χ1n) is 11.5. The average Bonchev–Trinajstić information content (AvgIpc) is 2.84. The highest BCUT2D eigenvalue weighted by molar-refractivity contribution is 7.92. The molecule has 0 aliphatic rings. The molecule has 34 heavy (non-hydrogen) atoms. The van der Waals surface area contributed by atoms with Crippen LogP contribution in [0.4, 0.5) is 5.69 Å². The van der Waals surface area contributed by atoms with Gasteiger partial charge < -0.3 is 10.1 Å². The van der Waals surface area contributed by atoms with Crippen LogP contribution in [0.5, 0.6) is 5.75 Å². The van der Waals surface area contributed by atoms with Crippen LogP contribution in [0.1, 0.15) is 30.0 Å². The summed E-state index contributed by atoms with van der Waals surface area (Å²) < 4.78 is 33.8. The lowest BCUT2D eigenvalue weighted by molar-refractivity contribution is -0.119. The molecule has 0 saturated carbocycles. The lowest BCUT2D eigenvalue weighted by Crippen LogP contribution is -2.42. The number of benzene rings is 3. The maximum Gasteiger partial charge on any atom is 0.264 e. The van der Waals surface area contributed by atoms with Crippen LogP contribution in [0.15, 0.2) is 77.7 Å². The Balaban J connectivity index is 1.67. The molecule has 3 aromatic carbocycles. The van der Waals surface area contributed by atoms with Crippen molar-refractivity contribution >= 4 is 21.6 Å². The van der Waals surface area contributed by atoms with Gasteiger partial charge in [-0.3, -0.25) is 9.10 Å². The zero-order valence-electron chi connectivity index (χ0n) is 20.0. The van der Waals surface area contributed by atoms with Crippen molar-refractivity contribution in [1.82, 2.24) is 5.32 Å². The van der Waals surface area contributed by atoms with Crippen molar-refractivity contribution in [3.63, 3.8) is 0 Å². The summed E-state index contributed by atoms with van der Waals surface area (Å²) in [6.07, 6.45) is 2.12. The highest BCUT2D eigenvalue weighted by atomic mass is 32.2. The van der Waals surface area contributed by atoms with Crippen molar-refractivity contribution in [3.05, 3.63) is 89.5 Å². The van der Waals surface area contributed by atoms with Gasteiger partial charge in [-0.2, -0.15) is 0 Å². The molecule has 0 fully saturated rings. The molecule has 7 heteroatoms. The number of ether oxygens (including phenoxy) is 1. The third-order valence-electron chi connectivity index (χ3n) is 5.62. The molecule has 0 radical (unpaired) electrons. The number of hydrogen-bond donors (Lipinski definition) is 1. The van der Waals surface area contributed by atoms with Crippen molar-refractivity contribution in [1.29, 1.82) is 0 Å². The van der Waals surface area contributed by atoms with Crippen LogP contribution in [0.3, 0.4) is 0 Å². The van der Waals surface area contributed by atoms with Gasteiger partial charge in [0.15, 0.2) is 0 Å². The molecule has 0 heterocycles. The first-order valence-corrected chi connectivity index (χ1v) is 12.9. The second kappa shape index (κ2) is 11.7. The van der Waals surface area contributed by atoms with Gasteiger partial charge in [0.25, 0.3) is 10.0 Å². The summed E-state index contributed by atoms with van der Waals surface area (Å²) in [5, 5.41) is 2.77. The fourth-order valence-electron chi connectivity index (χ4n) is 3.61. The third-order valence-corrected chi connectivity index (χ3v) is 7.39. The van der Waals surface area contributed by atoms with Crippen LogP contribution < -0.4 is 14.4 Å². The number of anilines is 1. The Kier molecular flexibility index (Phi) is 8.71. The molecule has 0 saturated heterocycles. The van der Waals surface area contributed by atoms with E-state index >= 15 is 0 Å². The molecule has 0 aliphatic heterocycles. The average molecular weight is 481 g/mol. The van der Waals surface area contributed by atoms with Gasteiger partial charge in [-0.25, -0.2) is 8.42 Å². The summed E-state index contributed by atoms with van der Waals surface area (Å²) in [5.74, 6) is 0.333. The summed E-state index contributed by atoms with van der Waals surface area (Å²) >= 11 is 0. The fourth-order valence-corrected chi connectivity index (χ4v) is 5.11. The number of sulfonamides is 1. The van der Waals surface area contributed by atoms with E-state index in [9.17, 15) is 13.2 Å². The number of nitrogens with zero attached hydrogens (tertiary/aromatic N) is 1. The monoisotopic (exact) mass is 480 g/mol. The smallest absolute Gasteiger partial charge is 0.264 e. The highest BCUT2D eigenvalue weighted by Crippen LogP contribution is 2.28. The molecule has 0 aromatic heterocycles. The first-order chi connectivity index (χ1) is 16.3. The van der Waals surface area contributed by atoms with E-state index in [0.717, 1.165) is 29.7 Å². The van der Waals surface area contributed by atoms with Gasteiger partial charge >= 0.3 is 0 Å². The van der Waals surface area contributed by atoms with Crippen LogP contribution in [-0.2, 0) is 21.2 Å². The number of carbonyl (C=O) groups is 1. The van der Waals surface area contributed by atoms with Crippen molar-refractivity contribution in [2.45, 2.75) is 38.5 Å². The lowest BCUT2D eigenvalue weighted by Gasteiger charge is -2.26. The number of carbonyl (C=O) groups excluding carboxylic acids is 1. The number of amides is 1. The second-order valence-corrected chi connectivity index (χ2v) is 10.00. The van der Waals surface area contributed by atoms with Gasteiger partial charge in [0, 0.05) is 0 Å². The Morgan fingerprint density at radius 1 is 0.941 bits per heavy atom. The molecule has 0 atom stereocenters. The zero-order valence-corrected chi connectivity index (χ0v) is 20.8. The topological polar surface area (TPSA) is 75.7 Å². The standard InChI is InChI=1S/C27H32N2O4S/c1-4-9-23-14-16-24(17-15-23)33-19-18-28-27(30)20-29(26-13-8-10-21(2)22(26)3)34(31,32)25-11-6-5-7-12-25/h5-8,10-17H,4,9,18-20H2,1-3H3,(H,28,30). The summed E-state index contributed by atoms with van der Waals surface area (Å²) in [5.41, 5.74) is 3.51. The fraction of sp³-hybridized carbons (Fsp3) is 0.296. The number of nitrogens with one attached hydrogen (secondary N) is 1. The van der Waals surface area contributed by atoms with Crippen molar-refractivity contribution in [2.75, 3.05) is 24.0 Å². The van der Waals surface area contributed by atoms with Crippen molar-refractivity contribution in [3.8, 4) is 5.75 Å². The summed E-state index contributed by atoms with van der Waals surface area (Å²) in [4.78, 5) is 12.9. The number of hydrogen-bond acceptors (Lipinski definition) is 4. The minimum Gasteiger partial charge on any atom is -0.492 e. The van der Waals surface area contributed by atoms with E-state index in [1.807, 2.05) is 44.2 Å². The van der Waals surface area contributed by atoms with Crippen LogP contribution in [0.2, 0.25) is 0 Å². The van der Waals surface area contributed by atoms with E-state index in [1.54, 1.807) is 30.3 Å². The van der Waals surface area contributed by atoms with Crippen molar-refractivity contribution < 1.29 is 17.9 Å². The number of aryl methyl sites for hydroxylation is 2. The van der Waals surface area contributed by atoms with E-state index in [-0.39, 0.29) is 24.6 Å². The number of rotatable bonds is 11. The maximum atomic E-state index is 13.4. The first kappa shape index (κ1) is 25.3. The van der Waals surface area contributed by atoms with E-state index in [2.05, 4.69) is 12.2 Å². The molecule has 6 nitrogen and oxygen atoms in total. The predicted octanol–water partition coefficient (Wildman–Crippen LogP) is 4.65. The molecule has 0 aliphatic carbocycles. The minimum atomic E-state index is -3.93. The third kappa shape index (κ3) is 6.38. The van der Waals surface area contributed by atoms with E-state index in [1.165, 1.54) is 22.0 Å². The molecule has 1 N–H and O–H groups in total. The largest absolute Gasteiger partial charge is 0.492 e. The van der Waals surface area contributed by atoms with Gasteiger partial charge in [0.1, 0.15) is 18.9 Å². The normalized spacial score (nSPS) is 11.1. The van der Waals surface area contributed by atoms with Gasteiger partial charge in [-0.05, 0) is 67.3 Å². The lowest BCUT2D eigenvalue weighted by atomic mass is 10.1. The van der Waals surface area contributed by atoms with E-state index < -0.39 is 15.9 Å². The van der Waals surface area contributed by atoms with Gasteiger partial charge in [-0.1, -0.05) is 55.8 Å². The SMILES string of the molecule is CCCc1ccc(OCCNC(=O)CN(c2cccc(C)c2C)S(=O)(=O)c2ccccc2)cc1. The Hall–Kier alpha value is -3.32. The Bertz CT molecular complexity index is 1190. The molecule has 3 rings (SSSR count). The second-order valence-electron chi connectivity index (χ2n) is 8.14. The molecular formula is C27H32N2O4S. The van der Waals surface area contributed by atoms with Crippen LogP contribution in [-0.4, -0.2) is 34.0 Å². The zero-order chi connectivity index (χ0) is 24.6. The Morgan fingerprint density at radius 3 is 2.32 bits per heavy atom. The molecule has 0 spiro atoms. The molecular weight excluding hydrogens is 448 g/mol. The minimum absolute atomic E-state index is 0.138. The molecule has 3 aromatic rings. The van der Waals surface area contributed by atoms with Crippen LogP contribution in [0, 0.1) is 13.8 Å². The van der Waals surface area contributed by atoms with Crippen molar-refractivity contribution in [2.24, 2.45) is 0 Å². The molecule has 0 unspecified atom stereocenters. The Labute approximate surface area is 202 Å². The quantitative estimate of drug-likeness (QED) is 0.406.